The Balaban J connectivity index is 1.48. The van der Waals surface area contributed by atoms with Gasteiger partial charge in [0.15, 0.2) is 11.0 Å². The Hall–Kier alpha value is -1.60. The maximum atomic E-state index is 13.2. The van der Waals surface area contributed by atoms with Crippen molar-refractivity contribution in [2.45, 2.75) is 30.9 Å². The van der Waals surface area contributed by atoms with Crippen molar-refractivity contribution in [2.75, 3.05) is 32.4 Å². The third-order valence-corrected chi connectivity index (χ3v) is 10.1. The fraction of sp³-hybridized carbons (Fsp3) is 0.579. The van der Waals surface area contributed by atoms with E-state index >= 15 is 0 Å². The number of nitrogens with one attached hydrogen (secondary N) is 1. The third-order valence-electron chi connectivity index (χ3n) is 6.25. The fourth-order valence-electron chi connectivity index (χ4n) is 4.47. The number of aromatic nitrogens is 3. The summed E-state index contributed by atoms with van der Waals surface area (Å²) < 4.78 is 65.7. The first kappa shape index (κ1) is 23.6. The highest BCUT2D eigenvalue weighted by molar-refractivity contribution is 7.90. The van der Waals surface area contributed by atoms with Crippen LogP contribution in [0, 0.1) is 11.7 Å². The molecule has 0 radical (unpaired) electrons. The van der Waals surface area contributed by atoms with Gasteiger partial charge in [-0.2, -0.15) is 0 Å². The van der Waals surface area contributed by atoms with Gasteiger partial charge in [0.25, 0.3) is 0 Å². The predicted octanol–water partition coefficient (Wildman–Crippen LogP) is 2.05. The monoisotopic (exact) mass is 505 g/mol. The lowest BCUT2D eigenvalue weighted by Crippen LogP contribution is -2.47. The van der Waals surface area contributed by atoms with Crippen LogP contribution in [0.15, 0.2) is 18.3 Å². The van der Waals surface area contributed by atoms with Crippen molar-refractivity contribution >= 4 is 31.6 Å². The maximum Gasteiger partial charge on any atom is 0.218 e. The van der Waals surface area contributed by atoms with Gasteiger partial charge in [0.2, 0.25) is 20.0 Å². The van der Waals surface area contributed by atoms with Crippen LogP contribution in [0.2, 0.25) is 5.15 Å². The van der Waals surface area contributed by atoms with Gasteiger partial charge in [-0.05, 0) is 30.9 Å². The van der Waals surface area contributed by atoms with Crippen LogP contribution in [0.1, 0.15) is 31.4 Å². The maximum absolute atomic E-state index is 13.2. The second-order valence-corrected chi connectivity index (χ2v) is 13.0. The molecule has 2 aromatic heterocycles. The molecular weight excluding hydrogens is 481 g/mol. The molecule has 2 aliphatic heterocycles. The Bertz CT molecular complexity index is 1200. The lowest BCUT2D eigenvalue weighted by molar-refractivity contribution is 0.244. The topological polar surface area (TPSA) is 116 Å². The van der Waals surface area contributed by atoms with E-state index in [1.807, 2.05) is 6.92 Å². The Morgan fingerprint density at radius 2 is 1.84 bits per heavy atom. The number of pyridine rings is 1. The third kappa shape index (κ3) is 4.56. The second-order valence-electron chi connectivity index (χ2n) is 8.46. The molecule has 0 bridgehead atoms. The first-order valence-electron chi connectivity index (χ1n) is 10.3. The standard InChI is InChI=1S/C19H25ClFN5O4S2/c1-12-10-26(32(29,30)14-5-7-25(11-14)31(2,27)28)8-6-15(12)17-18(20)24-19(23-17)16-4-3-13(21)9-22-16/h3-4,9,12,14-15H,5-8,10-11H2,1-2H3,(H,23,24)/t12-,14?,15+/m0/s1. The molecular formula is C19H25ClFN5O4S2. The number of hydrogen-bond acceptors (Lipinski definition) is 6. The lowest BCUT2D eigenvalue weighted by atomic mass is 9.86. The molecule has 0 spiro atoms. The molecule has 2 aromatic rings. The number of nitrogens with zero attached hydrogens (tertiary/aromatic N) is 4. The van der Waals surface area contributed by atoms with Crippen molar-refractivity contribution in [3.63, 3.8) is 0 Å². The molecule has 0 aliphatic carbocycles. The van der Waals surface area contributed by atoms with Crippen molar-refractivity contribution < 1.29 is 21.2 Å². The van der Waals surface area contributed by atoms with Crippen molar-refractivity contribution in [3.8, 4) is 11.5 Å². The fourth-order valence-corrected chi connectivity index (χ4v) is 7.72. The van der Waals surface area contributed by atoms with Gasteiger partial charge in [-0.15, -0.1) is 0 Å². The summed E-state index contributed by atoms with van der Waals surface area (Å²) in [6.07, 6.45) is 3.04. The Morgan fingerprint density at radius 1 is 1.12 bits per heavy atom. The molecule has 4 rings (SSSR count). The van der Waals surface area contributed by atoms with E-state index in [0.29, 0.717) is 48.3 Å². The number of piperidine rings is 1. The van der Waals surface area contributed by atoms with E-state index in [-0.39, 0.29) is 24.9 Å². The van der Waals surface area contributed by atoms with E-state index in [2.05, 4.69) is 15.0 Å². The quantitative estimate of drug-likeness (QED) is 0.664. The van der Waals surface area contributed by atoms with Gasteiger partial charge >= 0.3 is 0 Å². The van der Waals surface area contributed by atoms with Crippen molar-refractivity contribution in [3.05, 3.63) is 35.0 Å². The largest absolute Gasteiger partial charge is 0.339 e. The highest BCUT2D eigenvalue weighted by Crippen LogP contribution is 2.38. The molecule has 3 atom stereocenters. The molecule has 4 heterocycles. The summed E-state index contributed by atoms with van der Waals surface area (Å²) in [5, 5.41) is -0.438. The highest BCUT2D eigenvalue weighted by Gasteiger charge is 2.42. The second kappa shape index (κ2) is 8.64. The van der Waals surface area contributed by atoms with Crippen LogP contribution in [0.25, 0.3) is 11.5 Å². The van der Waals surface area contributed by atoms with Crippen molar-refractivity contribution in [1.82, 2.24) is 23.6 Å². The molecule has 13 heteroatoms. The molecule has 176 valence electrons. The first-order chi connectivity index (χ1) is 15.0. The van der Waals surface area contributed by atoms with Gasteiger partial charge in [0.05, 0.1) is 23.4 Å². The number of sulfonamides is 2. The van der Waals surface area contributed by atoms with Crippen LogP contribution in [-0.2, 0) is 20.0 Å². The summed E-state index contributed by atoms with van der Waals surface area (Å²) in [6, 6.07) is 2.80. The van der Waals surface area contributed by atoms with Crippen LogP contribution < -0.4 is 0 Å². The molecule has 0 amide bonds. The number of rotatable bonds is 5. The van der Waals surface area contributed by atoms with Crippen LogP contribution >= 0.6 is 11.6 Å². The molecule has 9 nitrogen and oxygen atoms in total. The first-order valence-corrected chi connectivity index (χ1v) is 14.0. The minimum Gasteiger partial charge on any atom is -0.339 e. The van der Waals surface area contributed by atoms with Gasteiger partial charge in [-0.1, -0.05) is 18.5 Å². The van der Waals surface area contributed by atoms with Gasteiger partial charge in [-0.3, -0.25) is 0 Å². The molecule has 2 aliphatic rings. The summed E-state index contributed by atoms with van der Waals surface area (Å²) in [5.74, 6) is -0.0977. The van der Waals surface area contributed by atoms with Crippen LogP contribution in [0.5, 0.6) is 0 Å². The molecule has 0 aromatic carbocycles. The highest BCUT2D eigenvalue weighted by atomic mass is 35.5. The molecule has 2 saturated heterocycles. The van der Waals surface area contributed by atoms with Gasteiger partial charge < -0.3 is 4.98 Å². The Kier molecular flexibility index (Phi) is 6.36. The smallest absolute Gasteiger partial charge is 0.218 e. The minimum atomic E-state index is -3.62. The number of imidazole rings is 1. The van der Waals surface area contributed by atoms with E-state index in [9.17, 15) is 21.2 Å². The van der Waals surface area contributed by atoms with Crippen LogP contribution in [-0.4, -0.2) is 78.1 Å². The van der Waals surface area contributed by atoms with E-state index < -0.39 is 31.1 Å². The summed E-state index contributed by atoms with van der Waals surface area (Å²) in [7, 11) is -7.03. The van der Waals surface area contributed by atoms with Crippen molar-refractivity contribution in [1.29, 1.82) is 0 Å². The van der Waals surface area contributed by atoms with Gasteiger partial charge in [0.1, 0.15) is 11.5 Å². The lowest BCUT2D eigenvalue weighted by Gasteiger charge is -2.37. The zero-order valence-corrected chi connectivity index (χ0v) is 20.1. The van der Waals surface area contributed by atoms with Gasteiger partial charge in [-0.25, -0.2) is 39.8 Å². The van der Waals surface area contributed by atoms with E-state index in [4.69, 9.17) is 11.6 Å². The average molecular weight is 506 g/mol. The average Bonchev–Trinajstić information content (AvgIpc) is 3.36. The molecule has 1 N–H and O–H groups in total. The number of halogens is 2. The Labute approximate surface area is 192 Å². The van der Waals surface area contributed by atoms with E-state index in [0.717, 1.165) is 12.5 Å². The molecule has 0 saturated carbocycles. The molecule has 32 heavy (non-hydrogen) atoms. The van der Waals surface area contributed by atoms with Crippen LogP contribution in [0.3, 0.4) is 0 Å². The summed E-state index contributed by atoms with van der Waals surface area (Å²) in [6.45, 7) is 2.79. The number of hydrogen-bond donors (Lipinski definition) is 1. The van der Waals surface area contributed by atoms with Crippen molar-refractivity contribution in [2.24, 2.45) is 5.92 Å². The SMILES string of the molecule is C[C@H]1CN(S(=O)(=O)C2CCN(S(C)(=O)=O)C2)CC[C@H]1c1[nH]c(-c2ccc(F)cn2)nc1Cl. The van der Waals surface area contributed by atoms with E-state index in [1.54, 1.807) is 0 Å². The predicted molar refractivity (Wildman–Crippen MR) is 119 cm³/mol. The number of H-pyrrole nitrogens is 1. The number of aromatic amines is 1. The van der Waals surface area contributed by atoms with Gasteiger partial charge in [0, 0.05) is 32.1 Å². The molecule has 2 fully saturated rings. The summed E-state index contributed by atoms with van der Waals surface area (Å²) in [5.41, 5.74) is 1.17. The normalized spacial score (nSPS) is 25.9. The summed E-state index contributed by atoms with van der Waals surface area (Å²) in [4.78, 5) is 11.5. The van der Waals surface area contributed by atoms with Crippen LogP contribution in [0.4, 0.5) is 4.39 Å². The zero-order valence-electron chi connectivity index (χ0n) is 17.7. The Morgan fingerprint density at radius 3 is 2.44 bits per heavy atom. The minimum absolute atomic E-state index is 0.00408. The zero-order chi connectivity index (χ0) is 23.3. The molecule has 1 unspecified atom stereocenters. The van der Waals surface area contributed by atoms with E-state index in [1.165, 1.54) is 20.7 Å². The summed E-state index contributed by atoms with van der Waals surface area (Å²) >= 11 is 6.37.